The molecule has 0 atom stereocenters. The molecule has 0 amide bonds. The molecule has 0 unspecified atom stereocenters. The van der Waals surface area contributed by atoms with Gasteiger partial charge in [-0.2, -0.15) is 0 Å². The molecule has 4 rings (SSSR count). The predicted octanol–water partition coefficient (Wildman–Crippen LogP) is 3.66. The molecule has 2 N–H and O–H groups in total. The first-order valence-corrected chi connectivity index (χ1v) is 7.77. The van der Waals surface area contributed by atoms with Crippen LogP contribution in [-0.4, -0.2) is 19.4 Å². The predicted molar refractivity (Wildman–Crippen MR) is 95.5 cm³/mol. The fourth-order valence-corrected chi connectivity index (χ4v) is 3.06. The minimum absolute atomic E-state index is 0.421. The highest BCUT2D eigenvalue weighted by Crippen LogP contribution is 2.33. The Hall–Kier alpha value is -3.21. The number of nitrogens with zero attached hydrogens (tertiary/aromatic N) is 4. The molecule has 5 heteroatoms. The maximum atomic E-state index is 6.14. The normalized spacial score (nSPS) is 11.1. The number of aryl methyl sites for hydroxylation is 2. The van der Waals surface area contributed by atoms with E-state index in [-0.39, 0.29) is 0 Å². The van der Waals surface area contributed by atoms with E-state index < -0.39 is 0 Å². The zero-order valence-electron chi connectivity index (χ0n) is 13.6. The molecule has 4 aromatic rings. The van der Waals surface area contributed by atoms with Gasteiger partial charge in [-0.25, -0.2) is 9.97 Å². The minimum Gasteiger partial charge on any atom is -0.381 e. The van der Waals surface area contributed by atoms with Crippen LogP contribution in [0.4, 0.5) is 5.82 Å². The van der Waals surface area contributed by atoms with Crippen LogP contribution in [0.3, 0.4) is 0 Å². The number of aromatic nitrogens is 4. The van der Waals surface area contributed by atoms with Gasteiger partial charge in [-0.05, 0) is 26.0 Å². The van der Waals surface area contributed by atoms with Crippen molar-refractivity contribution in [2.75, 3.05) is 5.73 Å². The quantitative estimate of drug-likeness (QED) is 0.613. The highest BCUT2D eigenvalue weighted by Gasteiger charge is 2.17. The van der Waals surface area contributed by atoms with Crippen LogP contribution >= 0.6 is 0 Å². The van der Waals surface area contributed by atoms with Gasteiger partial charge in [-0.3, -0.25) is 9.38 Å². The monoisotopic (exact) mass is 315 g/mol. The Morgan fingerprint density at radius 3 is 2.33 bits per heavy atom. The number of nitrogen functional groups attached to an aromatic ring is 1. The van der Waals surface area contributed by atoms with Gasteiger partial charge >= 0.3 is 0 Å². The average Bonchev–Trinajstić information content (AvgIpc) is 3.04. The molecule has 0 fully saturated rings. The molecule has 0 aliphatic heterocycles. The highest BCUT2D eigenvalue weighted by molar-refractivity contribution is 5.83. The highest BCUT2D eigenvalue weighted by atomic mass is 15.1. The smallest absolute Gasteiger partial charge is 0.180 e. The molecule has 24 heavy (non-hydrogen) atoms. The molecule has 0 aliphatic rings. The topological polar surface area (TPSA) is 69.1 Å². The van der Waals surface area contributed by atoms with Gasteiger partial charge < -0.3 is 5.73 Å². The lowest BCUT2D eigenvalue weighted by Crippen LogP contribution is -2.04. The molecule has 1 aromatic carbocycles. The van der Waals surface area contributed by atoms with Gasteiger partial charge in [0.2, 0.25) is 0 Å². The minimum atomic E-state index is 0.421. The van der Waals surface area contributed by atoms with Crippen molar-refractivity contribution in [1.29, 1.82) is 0 Å². The maximum Gasteiger partial charge on any atom is 0.180 e. The Morgan fingerprint density at radius 2 is 1.62 bits per heavy atom. The number of benzene rings is 1. The van der Waals surface area contributed by atoms with E-state index >= 15 is 0 Å². The van der Waals surface area contributed by atoms with Crippen LogP contribution in [0.1, 0.15) is 11.4 Å². The number of hydrogen-bond acceptors (Lipinski definition) is 4. The summed E-state index contributed by atoms with van der Waals surface area (Å²) in [5.41, 5.74) is 12.6. The first-order valence-electron chi connectivity index (χ1n) is 7.77. The molecule has 118 valence electrons. The molecule has 3 heterocycles. The van der Waals surface area contributed by atoms with Gasteiger partial charge in [-0.1, -0.05) is 30.3 Å². The van der Waals surface area contributed by atoms with Crippen LogP contribution in [0.25, 0.3) is 28.2 Å². The molecule has 5 nitrogen and oxygen atoms in total. The van der Waals surface area contributed by atoms with Crippen LogP contribution in [-0.2, 0) is 0 Å². The van der Waals surface area contributed by atoms with Gasteiger partial charge in [0, 0.05) is 34.9 Å². The Morgan fingerprint density at radius 1 is 0.917 bits per heavy atom. The summed E-state index contributed by atoms with van der Waals surface area (Å²) in [5.74, 6) is 0.421. The third-order valence-corrected chi connectivity index (χ3v) is 3.97. The van der Waals surface area contributed by atoms with Gasteiger partial charge in [0.1, 0.15) is 0 Å². The summed E-state index contributed by atoms with van der Waals surface area (Å²) < 4.78 is 2.00. The third kappa shape index (κ3) is 2.31. The molecule has 0 saturated carbocycles. The Balaban J connectivity index is 2.12. The SMILES string of the molecule is Cc1cc(-c2c(-c3ccccc3)nc(N)c3nccn23)cc(C)n1. The summed E-state index contributed by atoms with van der Waals surface area (Å²) in [7, 11) is 0. The number of imidazole rings is 1. The molecular formula is C19H17N5. The molecule has 0 radical (unpaired) electrons. The van der Waals surface area contributed by atoms with Crippen molar-refractivity contribution in [3.05, 3.63) is 66.2 Å². The summed E-state index contributed by atoms with van der Waals surface area (Å²) >= 11 is 0. The Kier molecular flexibility index (Phi) is 3.27. The van der Waals surface area contributed by atoms with Crippen molar-refractivity contribution in [2.45, 2.75) is 13.8 Å². The van der Waals surface area contributed by atoms with E-state index in [1.165, 1.54) is 0 Å². The largest absolute Gasteiger partial charge is 0.381 e. The van der Waals surface area contributed by atoms with Crippen LogP contribution in [0.15, 0.2) is 54.9 Å². The van der Waals surface area contributed by atoms with Crippen molar-refractivity contribution >= 4 is 11.5 Å². The summed E-state index contributed by atoms with van der Waals surface area (Å²) in [4.78, 5) is 13.5. The van der Waals surface area contributed by atoms with Crippen molar-refractivity contribution < 1.29 is 0 Å². The Labute approximate surface area is 139 Å². The van der Waals surface area contributed by atoms with E-state index in [0.717, 1.165) is 33.9 Å². The van der Waals surface area contributed by atoms with Gasteiger partial charge in [0.05, 0.1) is 11.4 Å². The fourth-order valence-electron chi connectivity index (χ4n) is 3.06. The zero-order chi connectivity index (χ0) is 16.7. The van der Waals surface area contributed by atoms with E-state index in [2.05, 4.69) is 27.1 Å². The van der Waals surface area contributed by atoms with E-state index in [4.69, 9.17) is 5.73 Å². The molecule has 0 spiro atoms. The second kappa shape index (κ2) is 5.45. The first kappa shape index (κ1) is 14.4. The summed E-state index contributed by atoms with van der Waals surface area (Å²) in [5, 5.41) is 0. The summed E-state index contributed by atoms with van der Waals surface area (Å²) in [6.45, 7) is 3.99. The number of nitrogens with two attached hydrogens (primary N) is 1. The lowest BCUT2D eigenvalue weighted by Gasteiger charge is -2.14. The van der Waals surface area contributed by atoms with Gasteiger partial charge in [0.25, 0.3) is 0 Å². The number of fused-ring (bicyclic) bond motifs is 1. The lowest BCUT2D eigenvalue weighted by molar-refractivity contribution is 1.10. The molecule has 0 bridgehead atoms. The van der Waals surface area contributed by atoms with Crippen LogP contribution in [0.5, 0.6) is 0 Å². The van der Waals surface area contributed by atoms with E-state index in [1.54, 1.807) is 6.20 Å². The van der Waals surface area contributed by atoms with Crippen LogP contribution in [0, 0.1) is 13.8 Å². The van der Waals surface area contributed by atoms with Crippen molar-refractivity contribution in [3.8, 4) is 22.5 Å². The van der Waals surface area contributed by atoms with E-state index in [1.807, 2.05) is 54.8 Å². The third-order valence-electron chi connectivity index (χ3n) is 3.97. The summed E-state index contributed by atoms with van der Waals surface area (Å²) in [6, 6.07) is 14.2. The van der Waals surface area contributed by atoms with Crippen molar-refractivity contribution in [2.24, 2.45) is 0 Å². The first-order chi connectivity index (χ1) is 11.6. The molecule has 0 saturated heterocycles. The van der Waals surface area contributed by atoms with E-state index in [9.17, 15) is 0 Å². The second-order valence-corrected chi connectivity index (χ2v) is 5.82. The Bertz CT molecular complexity index is 1010. The van der Waals surface area contributed by atoms with Gasteiger partial charge in [-0.15, -0.1) is 0 Å². The van der Waals surface area contributed by atoms with Crippen molar-refractivity contribution in [1.82, 2.24) is 19.4 Å². The molecular weight excluding hydrogens is 298 g/mol. The van der Waals surface area contributed by atoms with Gasteiger partial charge in [0.15, 0.2) is 11.5 Å². The summed E-state index contributed by atoms with van der Waals surface area (Å²) in [6.07, 6.45) is 3.66. The number of pyridine rings is 1. The zero-order valence-corrected chi connectivity index (χ0v) is 13.6. The standard InChI is InChI=1S/C19H17N5/c1-12-10-15(11-13(2)22-12)17-16(14-6-4-3-5-7-14)23-18(20)19-21-8-9-24(17)19/h3-11H,1-2H3,(H2,20,23). The second-order valence-electron chi connectivity index (χ2n) is 5.82. The van der Waals surface area contributed by atoms with E-state index in [0.29, 0.717) is 11.5 Å². The lowest BCUT2D eigenvalue weighted by atomic mass is 10.0. The fraction of sp³-hybridized carbons (Fsp3) is 0.105. The number of rotatable bonds is 2. The maximum absolute atomic E-state index is 6.14. The molecule has 0 aliphatic carbocycles. The van der Waals surface area contributed by atoms with Crippen LogP contribution in [0.2, 0.25) is 0 Å². The molecule has 3 aromatic heterocycles. The van der Waals surface area contributed by atoms with Crippen LogP contribution < -0.4 is 5.73 Å². The van der Waals surface area contributed by atoms with Crippen molar-refractivity contribution in [3.63, 3.8) is 0 Å². The number of hydrogen-bond donors (Lipinski definition) is 1. The number of anilines is 1. The average molecular weight is 315 g/mol.